The summed E-state index contributed by atoms with van der Waals surface area (Å²) in [6.45, 7) is 2.23. The molecule has 17 heavy (non-hydrogen) atoms. The Morgan fingerprint density at radius 1 is 1.18 bits per heavy atom. The van der Waals surface area contributed by atoms with Gasteiger partial charge in [-0.1, -0.05) is 6.07 Å². The summed E-state index contributed by atoms with van der Waals surface area (Å²) in [5.74, 6) is 1.06. The first-order chi connectivity index (χ1) is 8.34. The van der Waals surface area contributed by atoms with E-state index in [4.69, 9.17) is 0 Å². The van der Waals surface area contributed by atoms with Gasteiger partial charge >= 0.3 is 0 Å². The van der Waals surface area contributed by atoms with Crippen LogP contribution < -0.4 is 4.90 Å². The van der Waals surface area contributed by atoms with Gasteiger partial charge in [0.15, 0.2) is 0 Å². The van der Waals surface area contributed by atoms with E-state index in [1.165, 1.54) is 19.3 Å². The standard InChI is InChI=1S/C14H18N2O/c17-11-14(6-7-14)12-4-5-13(15-10-12)16-8-2-1-3-9-16/h4-5,10-11H,1-3,6-9H2. The minimum Gasteiger partial charge on any atom is -0.357 e. The maximum atomic E-state index is 11.0. The van der Waals surface area contributed by atoms with Crippen molar-refractivity contribution in [3.05, 3.63) is 23.9 Å². The van der Waals surface area contributed by atoms with Crippen LogP contribution in [0.25, 0.3) is 0 Å². The second kappa shape index (κ2) is 4.13. The highest BCUT2D eigenvalue weighted by Gasteiger charge is 2.44. The minimum atomic E-state index is -0.187. The summed E-state index contributed by atoms with van der Waals surface area (Å²) in [6.07, 6.45) is 8.82. The van der Waals surface area contributed by atoms with Gasteiger partial charge in [-0.25, -0.2) is 4.98 Å². The van der Waals surface area contributed by atoms with Crippen LogP contribution in [0.5, 0.6) is 0 Å². The molecular formula is C14H18N2O. The van der Waals surface area contributed by atoms with E-state index < -0.39 is 0 Å². The molecule has 1 aromatic rings. The van der Waals surface area contributed by atoms with Gasteiger partial charge in [-0.05, 0) is 43.7 Å². The van der Waals surface area contributed by atoms with Crippen molar-refractivity contribution in [1.29, 1.82) is 0 Å². The summed E-state index contributed by atoms with van der Waals surface area (Å²) < 4.78 is 0. The monoisotopic (exact) mass is 230 g/mol. The molecule has 1 saturated heterocycles. The number of carbonyl (C=O) groups excluding carboxylic acids is 1. The average molecular weight is 230 g/mol. The van der Waals surface area contributed by atoms with Crippen molar-refractivity contribution in [2.24, 2.45) is 0 Å². The second-order valence-corrected chi connectivity index (χ2v) is 5.23. The zero-order valence-corrected chi connectivity index (χ0v) is 10.1. The van der Waals surface area contributed by atoms with Gasteiger partial charge in [-0.2, -0.15) is 0 Å². The van der Waals surface area contributed by atoms with Crippen LogP contribution in [-0.4, -0.2) is 24.4 Å². The van der Waals surface area contributed by atoms with Crippen molar-refractivity contribution in [2.75, 3.05) is 18.0 Å². The Bertz CT molecular complexity index is 403. The van der Waals surface area contributed by atoms with Crippen LogP contribution >= 0.6 is 0 Å². The van der Waals surface area contributed by atoms with Crippen LogP contribution in [0.1, 0.15) is 37.7 Å². The van der Waals surface area contributed by atoms with Crippen molar-refractivity contribution < 1.29 is 4.79 Å². The molecule has 3 rings (SSSR count). The third-order valence-corrected chi connectivity index (χ3v) is 4.02. The van der Waals surface area contributed by atoms with Crippen molar-refractivity contribution in [3.8, 4) is 0 Å². The Balaban J connectivity index is 1.77. The number of aromatic nitrogens is 1. The molecule has 0 aromatic carbocycles. The van der Waals surface area contributed by atoms with E-state index in [0.717, 1.165) is 43.6 Å². The Labute approximate surface area is 102 Å². The lowest BCUT2D eigenvalue weighted by Crippen LogP contribution is -2.30. The van der Waals surface area contributed by atoms with Gasteiger partial charge in [0.25, 0.3) is 0 Å². The first-order valence-corrected chi connectivity index (χ1v) is 6.52. The van der Waals surface area contributed by atoms with Crippen LogP contribution in [0.4, 0.5) is 5.82 Å². The summed E-state index contributed by atoms with van der Waals surface area (Å²) in [5, 5.41) is 0. The SMILES string of the molecule is O=CC1(c2ccc(N3CCCCC3)nc2)CC1. The van der Waals surface area contributed by atoms with E-state index in [2.05, 4.69) is 22.0 Å². The molecule has 0 amide bonds. The third-order valence-electron chi connectivity index (χ3n) is 4.02. The summed E-state index contributed by atoms with van der Waals surface area (Å²) in [4.78, 5) is 17.9. The number of pyridine rings is 1. The fourth-order valence-electron chi connectivity index (χ4n) is 2.60. The Morgan fingerprint density at radius 3 is 2.47 bits per heavy atom. The number of hydrogen-bond donors (Lipinski definition) is 0. The average Bonchev–Trinajstić information content (AvgIpc) is 3.21. The molecule has 0 bridgehead atoms. The maximum absolute atomic E-state index is 11.0. The smallest absolute Gasteiger partial charge is 0.130 e. The molecule has 0 N–H and O–H groups in total. The van der Waals surface area contributed by atoms with E-state index in [-0.39, 0.29) is 5.41 Å². The van der Waals surface area contributed by atoms with Crippen LogP contribution in [0, 0.1) is 0 Å². The largest absolute Gasteiger partial charge is 0.357 e. The molecule has 0 atom stereocenters. The van der Waals surface area contributed by atoms with Gasteiger partial charge in [0.05, 0.1) is 5.41 Å². The molecule has 3 heteroatoms. The third kappa shape index (κ3) is 1.94. The quantitative estimate of drug-likeness (QED) is 0.747. The molecule has 2 fully saturated rings. The molecule has 90 valence electrons. The predicted octanol–water partition coefficient (Wildman–Crippen LogP) is 2.30. The topological polar surface area (TPSA) is 33.2 Å². The molecule has 1 aliphatic heterocycles. The highest BCUT2D eigenvalue weighted by atomic mass is 16.1. The number of anilines is 1. The van der Waals surface area contributed by atoms with Gasteiger partial charge in [-0.15, -0.1) is 0 Å². The normalized spacial score (nSPS) is 22.2. The van der Waals surface area contributed by atoms with E-state index in [0.29, 0.717) is 0 Å². The van der Waals surface area contributed by atoms with Crippen molar-refractivity contribution in [2.45, 2.75) is 37.5 Å². The number of carbonyl (C=O) groups is 1. The van der Waals surface area contributed by atoms with Crippen LogP contribution in [-0.2, 0) is 10.2 Å². The molecule has 0 radical (unpaired) electrons. The van der Waals surface area contributed by atoms with E-state index >= 15 is 0 Å². The molecule has 2 heterocycles. The Hall–Kier alpha value is -1.38. The number of aldehydes is 1. The Kier molecular flexibility index (Phi) is 2.61. The van der Waals surface area contributed by atoms with Crippen LogP contribution in [0.15, 0.2) is 18.3 Å². The van der Waals surface area contributed by atoms with Gasteiger partial charge in [-0.3, -0.25) is 0 Å². The van der Waals surface area contributed by atoms with Crippen molar-refractivity contribution in [1.82, 2.24) is 4.98 Å². The molecule has 1 aliphatic carbocycles. The number of hydrogen-bond acceptors (Lipinski definition) is 3. The number of rotatable bonds is 3. The van der Waals surface area contributed by atoms with Gasteiger partial charge in [0.2, 0.25) is 0 Å². The zero-order valence-electron chi connectivity index (χ0n) is 10.1. The highest BCUT2D eigenvalue weighted by Crippen LogP contribution is 2.46. The molecule has 1 saturated carbocycles. The maximum Gasteiger partial charge on any atom is 0.130 e. The fraction of sp³-hybridized carbons (Fsp3) is 0.571. The minimum absolute atomic E-state index is 0.187. The molecule has 0 unspecified atom stereocenters. The van der Waals surface area contributed by atoms with Gasteiger partial charge < -0.3 is 9.69 Å². The Morgan fingerprint density at radius 2 is 1.94 bits per heavy atom. The highest BCUT2D eigenvalue weighted by molar-refractivity contribution is 5.73. The predicted molar refractivity (Wildman–Crippen MR) is 67.3 cm³/mol. The van der Waals surface area contributed by atoms with Crippen LogP contribution in [0.2, 0.25) is 0 Å². The molecule has 3 nitrogen and oxygen atoms in total. The first kappa shape index (κ1) is 10.8. The van der Waals surface area contributed by atoms with Gasteiger partial charge in [0.1, 0.15) is 12.1 Å². The molecular weight excluding hydrogens is 212 g/mol. The van der Waals surface area contributed by atoms with Gasteiger partial charge in [0, 0.05) is 19.3 Å². The zero-order chi connectivity index (χ0) is 11.7. The summed E-state index contributed by atoms with van der Waals surface area (Å²) in [7, 11) is 0. The summed E-state index contributed by atoms with van der Waals surface area (Å²) >= 11 is 0. The lowest BCUT2D eigenvalue weighted by atomic mass is 10.00. The van der Waals surface area contributed by atoms with E-state index in [9.17, 15) is 4.79 Å². The lowest BCUT2D eigenvalue weighted by molar-refractivity contribution is -0.109. The van der Waals surface area contributed by atoms with E-state index in [1.807, 2.05) is 6.20 Å². The lowest BCUT2D eigenvalue weighted by Gasteiger charge is -2.27. The second-order valence-electron chi connectivity index (χ2n) is 5.23. The number of piperidine rings is 1. The fourth-order valence-corrected chi connectivity index (χ4v) is 2.60. The summed E-state index contributed by atoms with van der Waals surface area (Å²) in [5.41, 5.74) is 0.904. The number of nitrogens with zero attached hydrogens (tertiary/aromatic N) is 2. The molecule has 1 aromatic heterocycles. The van der Waals surface area contributed by atoms with Crippen molar-refractivity contribution in [3.63, 3.8) is 0 Å². The molecule has 2 aliphatic rings. The van der Waals surface area contributed by atoms with Crippen molar-refractivity contribution >= 4 is 12.1 Å². The molecule has 0 spiro atoms. The summed E-state index contributed by atoms with van der Waals surface area (Å²) in [6, 6.07) is 4.16. The first-order valence-electron chi connectivity index (χ1n) is 6.52. The van der Waals surface area contributed by atoms with E-state index in [1.54, 1.807) is 0 Å². The van der Waals surface area contributed by atoms with Crippen LogP contribution in [0.3, 0.4) is 0 Å².